The summed E-state index contributed by atoms with van der Waals surface area (Å²) >= 11 is 0. The van der Waals surface area contributed by atoms with Crippen LogP contribution in [-0.2, 0) is 6.42 Å². The molecule has 0 saturated heterocycles. The van der Waals surface area contributed by atoms with E-state index in [0.717, 1.165) is 30.3 Å². The molecule has 24 heavy (non-hydrogen) atoms. The van der Waals surface area contributed by atoms with E-state index in [4.69, 9.17) is 4.52 Å². The van der Waals surface area contributed by atoms with Gasteiger partial charge in [-0.3, -0.25) is 4.79 Å². The van der Waals surface area contributed by atoms with Gasteiger partial charge in [0.2, 0.25) is 0 Å². The summed E-state index contributed by atoms with van der Waals surface area (Å²) in [5.41, 5.74) is 3.93. The van der Waals surface area contributed by atoms with Gasteiger partial charge in [0.15, 0.2) is 0 Å². The molecule has 4 rings (SSSR count). The maximum atomic E-state index is 12.7. The molecule has 5 nitrogen and oxygen atoms in total. The predicted molar refractivity (Wildman–Crippen MR) is 91.0 cm³/mol. The van der Waals surface area contributed by atoms with Gasteiger partial charge in [-0.15, -0.1) is 0 Å². The third-order valence-electron chi connectivity index (χ3n) is 4.42. The number of carbonyl (C=O) groups is 1. The third-order valence-corrected chi connectivity index (χ3v) is 4.42. The number of aromatic nitrogens is 2. The third kappa shape index (κ3) is 2.89. The predicted octanol–water partition coefficient (Wildman–Crippen LogP) is 3.38. The molecule has 1 N–H and O–H groups in total. The summed E-state index contributed by atoms with van der Waals surface area (Å²) in [6.07, 6.45) is 3.06. The number of pyridine rings is 1. The first kappa shape index (κ1) is 14.9. The lowest BCUT2D eigenvalue weighted by Crippen LogP contribution is -2.26. The van der Waals surface area contributed by atoms with E-state index in [1.54, 1.807) is 0 Å². The van der Waals surface area contributed by atoms with Crippen molar-refractivity contribution in [3.63, 3.8) is 0 Å². The van der Waals surface area contributed by atoms with Crippen LogP contribution in [0.15, 0.2) is 40.9 Å². The molecule has 1 aromatic carbocycles. The lowest BCUT2D eigenvalue weighted by molar-refractivity contribution is 0.0955. The molecular formula is C19H19N3O2. The minimum absolute atomic E-state index is 0.0912. The Balaban J connectivity index is 1.55. The maximum Gasteiger partial charge on any atom is 0.259 e. The van der Waals surface area contributed by atoms with Crippen molar-refractivity contribution < 1.29 is 9.32 Å². The van der Waals surface area contributed by atoms with Crippen molar-refractivity contribution in [2.75, 3.05) is 6.54 Å². The van der Waals surface area contributed by atoms with Crippen LogP contribution in [-0.4, -0.2) is 22.6 Å². The van der Waals surface area contributed by atoms with Crippen LogP contribution in [0.25, 0.3) is 11.1 Å². The summed E-state index contributed by atoms with van der Waals surface area (Å²) in [5, 5.41) is 7.70. The summed E-state index contributed by atoms with van der Waals surface area (Å²) in [6.45, 7) is 2.43. The number of fused-ring (bicyclic) bond motifs is 1. The van der Waals surface area contributed by atoms with Crippen LogP contribution in [0.3, 0.4) is 0 Å². The number of nitrogens with zero attached hydrogens (tertiary/aromatic N) is 2. The SMILES string of the molecule is Cc1noc2nc(C3CC3)cc(C(=O)NCCc3ccccc3)c12. The Hall–Kier alpha value is -2.69. The average molecular weight is 321 g/mol. The number of hydrogen-bond donors (Lipinski definition) is 1. The summed E-state index contributed by atoms with van der Waals surface area (Å²) in [4.78, 5) is 17.2. The zero-order valence-electron chi connectivity index (χ0n) is 13.6. The van der Waals surface area contributed by atoms with Crippen molar-refractivity contribution in [3.8, 4) is 0 Å². The van der Waals surface area contributed by atoms with E-state index in [-0.39, 0.29) is 5.91 Å². The van der Waals surface area contributed by atoms with E-state index in [1.807, 2.05) is 31.2 Å². The molecule has 0 unspecified atom stereocenters. The van der Waals surface area contributed by atoms with Crippen molar-refractivity contribution in [2.45, 2.75) is 32.1 Å². The minimum atomic E-state index is -0.0912. The second-order valence-corrected chi connectivity index (χ2v) is 6.31. The highest BCUT2D eigenvalue weighted by Crippen LogP contribution is 2.40. The van der Waals surface area contributed by atoms with Gasteiger partial charge >= 0.3 is 0 Å². The molecule has 1 fully saturated rings. The molecule has 5 heteroatoms. The van der Waals surface area contributed by atoms with E-state index < -0.39 is 0 Å². The molecule has 122 valence electrons. The number of hydrogen-bond acceptors (Lipinski definition) is 4. The van der Waals surface area contributed by atoms with Gasteiger partial charge in [0.25, 0.3) is 11.6 Å². The molecule has 3 aromatic rings. The quantitative estimate of drug-likeness (QED) is 0.782. The van der Waals surface area contributed by atoms with E-state index in [0.29, 0.717) is 29.4 Å². The van der Waals surface area contributed by atoms with Crippen LogP contribution in [0, 0.1) is 6.92 Å². The van der Waals surface area contributed by atoms with Gasteiger partial charge in [-0.05, 0) is 37.8 Å². The molecular weight excluding hydrogens is 302 g/mol. The normalized spacial score (nSPS) is 14.0. The fourth-order valence-corrected chi connectivity index (χ4v) is 2.94. The number of rotatable bonds is 5. The summed E-state index contributed by atoms with van der Waals surface area (Å²) < 4.78 is 5.29. The second-order valence-electron chi connectivity index (χ2n) is 6.31. The number of carbonyl (C=O) groups excluding carboxylic acids is 1. The maximum absolute atomic E-state index is 12.7. The summed E-state index contributed by atoms with van der Waals surface area (Å²) in [7, 11) is 0. The molecule has 0 radical (unpaired) electrons. The van der Waals surface area contributed by atoms with Crippen molar-refractivity contribution >= 4 is 17.0 Å². The van der Waals surface area contributed by atoms with Gasteiger partial charge in [-0.1, -0.05) is 35.5 Å². The molecule has 2 aromatic heterocycles. The van der Waals surface area contributed by atoms with Crippen LogP contribution in [0.1, 0.15) is 46.1 Å². The Kier molecular flexibility index (Phi) is 3.76. The Morgan fingerprint density at radius 2 is 2.08 bits per heavy atom. The topological polar surface area (TPSA) is 68.0 Å². The lowest BCUT2D eigenvalue weighted by atomic mass is 10.1. The first-order valence-electron chi connectivity index (χ1n) is 8.31. The number of amides is 1. The molecule has 1 saturated carbocycles. The summed E-state index contributed by atoms with van der Waals surface area (Å²) in [5.74, 6) is 0.363. The first-order chi connectivity index (χ1) is 11.7. The number of nitrogens with one attached hydrogen (secondary N) is 1. The highest BCUT2D eigenvalue weighted by molar-refractivity contribution is 6.06. The van der Waals surface area contributed by atoms with Gasteiger partial charge in [-0.2, -0.15) is 0 Å². The molecule has 1 amide bonds. The molecule has 2 heterocycles. The fourth-order valence-electron chi connectivity index (χ4n) is 2.94. The van der Waals surface area contributed by atoms with E-state index in [2.05, 4.69) is 27.6 Å². The van der Waals surface area contributed by atoms with Gasteiger partial charge in [0.05, 0.1) is 16.6 Å². The van der Waals surface area contributed by atoms with E-state index in [1.165, 1.54) is 5.56 Å². The van der Waals surface area contributed by atoms with Crippen molar-refractivity contribution in [2.24, 2.45) is 0 Å². The standard InChI is InChI=1S/C19H19N3O2/c1-12-17-15(11-16(14-7-8-14)21-19(17)24-22-12)18(23)20-10-9-13-5-3-2-4-6-13/h2-6,11,14H,7-10H2,1H3,(H,20,23). The van der Waals surface area contributed by atoms with Crippen molar-refractivity contribution in [3.05, 3.63) is 58.9 Å². The van der Waals surface area contributed by atoms with Crippen LogP contribution < -0.4 is 5.32 Å². The zero-order valence-corrected chi connectivity index (χ0v) is 13.6. The van der Waals surface area contributed by atoms with Gasteiger partial charge < -0.3 is 9.84 Å². The lowest BCUT2D eigenvalue weighted by Gasteiger charge is -2.08. The van der Waals surface area contributed by atoms with Crippen LogP contribution >= 0.6 is 0 Å². The highest BCUT2D eigenvalue weighted by Gasteiger charge is 2.28. The zero-order chi connectivity index (χ0) is 16.5. The van der Waals surface area contributed by atoms with E-state index in [9.17, 15) is 4.79 Å². The molecule has 0 bridgehead atoms. The molecule has 1 aliphatic carbocycles. The Bertz CT molecular complexity index is 882. The monoisotopic (exact) mass is 321 g/mol. The van der Waals surface area contributed by atoms with Crippen molar-refractivity contribution in [1.82, 2.24) is 15.5 Å². The Labute approximate surface area is 140 Å². The molecule has 0 spiro atoms. The highest BCUT2D eigenvalue weighted by atomic mass is 16.5. The van der Waals surface area contributed by atoms with Gasteiger partial charge in [0, 0.05) is 18.2 Å². The van der Waals surface area contributed by atoms with Gasteiger partial charge in [0.1, 0.15) is 0 Å². The fraction of sp³-hybridized carbons (Fsp3) is 0.316. The number of benzene rings is 1. The van der Waals surface area contributed by atoms with Crippen LogP contribution in [0.4, 0.5) is 0 Å². The van der Waals surface area contributed by atoms with Crippen LogP contribution in [0.2, 0.25) is 0 Å². The smallest absolute Gasteiger partial charge is 0.259 e. The molecule has 1 aliphatic rings. The molecule has 0 aliphatic heterocycles. The average Bonchev–Trinajstić information content (AvgIpc) is 3.39. The van der Waals surface area contributed by atoms with E-state index >= 15 is 0 Å². The largest absolute Gasteiger partial charge is 0.352 e. The second kappa shape index (κ2) is 6.07. The number of aryl methyl sites for hydroxylation is 1. The molecule has 0 atom stereocenters. The first-order valence-corrected chi connectivity index (χ1v) is 8.31. The Morgan fingerprint density at radius 3 is 2.83 bits per heavy atom. The van der Waals surface area contributed by atoms with Crippen molar-refractivity contribution in [1.29, 1.82) is 0 Å². The summed E-state index contributed by atoms with van der Waals surface area (Å²) in [6, 6.07) is 12.0. The van der Waals surface area contributed by atoms with Crippen LogP contribution in [0.5, 0.6) is 0 Å². The minimum Gasteiger partial charge on any atom is -0.352 e. The Morgan fingerprint density at radius 1 is 1.29 bits per heavy atom. The van der Waals surface area contributed by atoms with Gasteiger partial charge in [-0.25, -0.2) is 4.98 Å².